The number of nitrogens with zero attached hydrogens (tertiary/aromatic N) is 3. The maximum atomic E-state index is 12.9. The van der Waals surface area contributed by atoms with E-state index in [1.165, 1.54) is 28.6 Å². The third kappa shape index (κ3) is 2.92. The van der Waals surface area contributed by atoms with Crippen LogP contribution in [0.3, 0.4) is 0 Å². The molecule has 3 rings (SSSR count). The Hall–Kier alpha value is -1.51. The Morgan fingerprint density at radius 2 is 1.76 bits per heavy atom. The van der Waals surface area contributed by atoms with E-state index >= 15 is 0 Å². The smallest absolute Gasteiger partial charge is 0.243 e. The Bertz CT molecular complexity index is 694. The molecule has 21 heavy (non-hydrogen) atoms. The maximum Gasteiger partial charge on any atom is 0.243 e. The molecule has 1 aromatic carbocycles. The van der Waals surface area contributed by atoms with E-state index < -0.39 is 15.8 Å². The van der Waals surface area contributed by atoms with Crippen molar-refractivity contribution in [2.75, 3.05) is 31.1 Å². The number of halogens is 1. The maximum absolute atomic E-state index is 12.9. The molecule has 0 bridgehead atoms. The normalized spacial score (nSPS) is 17.1. The Labute approximate surface area is 126 Å². The average molecular weight is 327 g/mol. The van der Waals surface area contributed by atoms with Crippen molar-refractivity contribution in [3.63, 3.8) is 0 Å². The topological polar surface area (TPSA) is 53.5 Å². The van der Waals surface area contributed by atoms with Crippen molar-refractivity contribution < 1.29 is 12.8 Å². The number of anilines is 1. The van der Waals surface area contributed by atoms with Crippen molar-refractivity contribution in [2.24, 2.45) is 0 Å². The summed E-state index contributed by atoms with van der Waals surface area (Å²) in [6.07, 6.45) is 1.74. The number of sulfonamides is 1. The van der Waals surface area contributed by atoms with Crippen LogP contribution in [0.15, 0.2) is 40.7 Å². The van der Waals surface area contributed by atoms with Crippen molar-refractivity contribution in [1.29, 1.82) is 0 Å². The van der Waals surface area contributed by atoms with E-state index in [2.05, 4.69) is 9.88 Å². The zero-order valence-electron chi connectivity index (χ0n) is 11.1. The number of thiazole rings is 1. The van der Waals surface area contributed by atoms with Crippen LogP contribution < -0.4 is 4.90 Å². The monoisotopic (exact) mass is 327 g/mol. The van der Waals surface area contributed by atoms with Crippen molar-refractivity contribution in [1.82, 2.24) is 9.29 Å². The van der Waals surface area contributed by atoms with Crippen molar-refractivity contribution >= 4 is 26.5 Å². The summed E-state index contributed by atoms with van der Waals surface area (Å²) in [7, 11) is -3.55. The number of rotatable bonds is 3. The minimum absolute atomic E-state index is 0.131. The fourth-order valence-corrected chi connectivity index (χ4v) is 4.37. The molecule has 1 saturated heterocycles. The average Bonchev–Trinajstić information content (AvgIpc) is 3.02. The zero-order valence-corrected chi connectivity index (χ0v) is 12.8. The molecule has 2 heterocycles. The lowest BCUT2D eigenvalue weighted by Gasteiger charge is -2.33. The Morgan fingerprint density at radius 3 is 2.33 bits per heavy atom. The van der Waals surface area contributed by atoms with E-state index in [0.717, 1.165) is 5.13 Å². The van der Waals surface area contributed by atoms with Gasteiger partial charge in [0.25, 0.3) is 0 Å². The second kappa shape index (κ2) is 5.70. The molecule has 0 N–H and O–H groups in total. The number of hydrogen-bond donors (Lipinski definition) is 0. The molecule has 1 aliphatic heterocycles. The standard InChI is InChI=1S/C13H14FN3O2S2/c14-11-1-3-12(4-2-11)21(18,19)17-8-6-16(7-9-17)13-15-5-10-20-13/h1-5,10H,6-9H2. The Balaban J connectivity index is 1.72. The van der Waals surface area contributed by atoms with Gasteiger partial charge in [0.1, 0.15) is 5.82 Å². The molecular formula is C13H14FN3O2S2. The van der Waals surface area contributed by atoms with Gasteiger partial charge in [-0.15, -0.1) is 11.3 Å². The van der Waals surface area contributed by atoms with Crippen LogP contribution >= 0.6 is 11.3 Å². The van der Waals surface area contributed by atoms with Gasteiger partial charge in [-0.25, -0.2) is 17.8 Å². The third-order valence-electron chi connectivity index (χ3n) is 3.38. The first kappa shape index (κ1) is 14.4. The van der Waals surface area contributed by atoms with Crippen LogP contribution in [0.4, 0.5) is 9.52 Å². The summed E-state index contributed by atoms with van der Waals surface area (Å²) in [6.45, 7) is 2.01. The quantitative estimate of drug-likeness (QED) is 0.862. The van der Waals surface area contributed by atoms with Gasteiger partial charge in [0.15, 0.2) is 5.13 Å². The van der Waals surface area contributed by atoms with Gasteiger partial charge >= 0.3 is 0 Å². The fraction of sp³-hybridized carbons (Fsp3) is 0.308. The van der Waals surface area contributed by atoms with Crippen LogP contribution in [0.5, 0.6) is 0 Å². The molecule has 1 aliphatic rings. The number of aromatic nitrogens is 1. The van der Waals surface area contributed by atoms with Gasteiger partial charge in [-0.2, -0.15) is 4.31 Å². The van der Waals surface area contributed by atoms with E-state index in [-0.39, 0.29) is 4.90 Å². The van der Waals surface area contributed by atoms with Crippen LogP contribution in [0.25, 0.3) is 0 Å². The first-order valence-electron chi connectivity index (χ1n) is 6.47. The summed E-state index contributed by atoms with van der Waals surface area (Å²) in [5, 5.41) is 2.81. The van der Waals surface area contributed by atoms with Gasteiger partial charge in [0, 0.05) is 37.8 Å². The van der Waals surface area contributed by atoms with Crippen LogP contribution in [0.1, 0.15) is 0 Å². The lowest BCUT2D eigenvalue weighted by molar-refractivity contribution is 0.384. The molecule has 5 nitrogen and oxygen atoms in total. The molecule has 0 atom stereocenters. The largest absolute Gasteiger partial charge is 0.345 e. The molecule has 0 amide bonds. The van der Waals surface area contributed by atoms with Crippen molar-refractivity contribution in [3.05, 3.63) is 41.7 Å². The lowest BCUT2D eigenvalue weighted by atomic mass is 10.4. The SMILES string of the molecule is O=S(=O)(c1ccc(F)cc1)N1CCN(c2nccs2)CC1. The molecular weight excluding hydrogens is 313 g/mol. The van der Waals surface area contributed by atoms with E-state index in [9.17, 15) is 12.8 Å². The summed E-state index contributed by atoms with van der Waals surface area (Å²) < 4.78 is 39.3. The second-order valence-electron chi connectivity index (χ2n) is 4.66. The van der Waals surface area contributed by atoms with Crippen LogP contribution in [0, 0.1) is 5.82 Å². The molecule has 1 fully saturated rings. The van der Waals surface area contributed by atoms with Crippen LogP contribution in [-0.2, 0) is 10.0 Å². The van der Waals surface area contributed by atoms with Gasteiger partial charge in [-0.1, -0.05) is 0 Å². The molecule has 0 radical (unpaired) electrons. The molecule has 0 unspecified atom stereocenters. The molecule has 0 saturated carbocycles. The first-order valence-corrected chi connectivity index (χ1v) is 8.79. The first-order chi connectivity index (χ1) is 10.1. The van der Waals surface area contributed by atoms with Gasteiger partial charge < -0.3 is 4.90 Å². The highest BCUT2D eigenvalue weighted by Crippen LogP contribution is 2.22. The highest BCUT2D eigenvalue weighted by molar-refractivity contribution is 7.89. The molecule has 0 spiro atoms. The molecule has 112 valence electrons. The molecule has 8 heteroatoms. The third-order valence-corrected chi connectivity index (χ3v) is 6.12. The van der Waals surface area contributed by atoms with Gasteiger partial charge in [-0.3, -0.25) is 0 Å². The highest BCUT2D eigenvalue weighted by atomic mass is 32.2. The van der Waals surface area contributed by atoms with Gasteiger partial charge in [0.2, 0.25) is 10.0 Å². The van der Waals surface area contributed by atoms with E-state index in [4.69, 9.17) is 0 Å². The zero-order chi connectivity index (χ0) is 14.9. The summed E-state index contributed by atoms with van der Waals surface area (Å²) in [5.74, 6) is -0.442. The van der Waals surface area contributed by atoms with E-state index in [1.807, 2.05) is 5.38 Å². The predicted octanol–water partition coefficient (Wildman–Crippen LogP) is 1.79. The predicted molar refractivity (Wildman–Crippen MR) is 79.5 cm³/mol. The highest BCUT2D eigenvalue weighted by Gasteiger charge is 2.29. The molecule has 0 aliphatic carbocycles. The van der Waals surface area contributed by atoms with E-state index in [0.29, 0.717) is 26.2 Å². The van der Waals surface area contributed by atoms with Crippen molar-refractivity contribution in [3.8, 4) is 0 Å². The Morgan fingerprint density at radius 1 is 1.10 bits per heavy atom. The number of hydrogen-bond acceptors (Lipinski definition) is 5. The van der Waals surface area contributed by atoms with Crippen LogP contribution in [0.2, 0.25) is 0 Å². The lowest BCUT2D eigenvalue weighted by Crippen LogP contribution is -2.48. The van der Waals surface area contributed by atoms with Gasteiger partial charge in [0.05, 0.1) is 4.90 Å². The minimum Gasteiger partial charge on any atom is -0.345 e. The van der Waals surface area contributed by atoms with Crippen molar-refractivity contribution in [2.45, 2.75) is 4.90 Å². The molecule has 1 aromatic heterocycles. The van der Waals surface area contributed by atoms with Gasteiger partial charge in [-0.05, 0) is 24.3 Å². The summed E-state index contributed by atoms with van der Waals surface area (Å²) in [4.78, 5) is 6.43. The van der Waals surface area contributed by atoms with Crippen LogP contribution in [-0.4, -0.2) is 43.9 Å². The fourth-order valence-electron chi connectivity index (χ4n) is 2.25. The summed E-state index contributed by atoms with van der Waals surface area (Å²) in [6, 6.07) is 4.94. The Kier molecular flexibility index (Phi) is 3.92. The number of benzene rings is 1. The minimum atomic E-state index is -3.55. The second-order valence-corrected chi connectivity index (χ2v) is 7.47. The van der Waals surface area contributed by atoms with E-state index in [1.54, 1.807) is 17.5 Å². The molecule has 2 aromatic rings. The summed E-state index contributed by atoms with van der Waals surface area (Å²) >= 11 is 1.54. The summed E-state index contributed by atoms with van der Waals surface area (Å²) in [5.41, 5.74) is 0. The number of piperazine rings is 1.